The standard InChI is InChI=1S/C21H40O7/c1-3-5-7-9-11-13-15-19(24)27-21(26,18(23)17-22)28-20(25)16-14-12-10-8-6-4-2/h18,22-23,26H,3-17H2,1-2H3. The van der Waals surface area contributed by atoms with Crippen molar-refractivity contribution in [2.24, 2.45) is 0 Å². The summed E-state index contributed by atoms with van der Waals surface area (Å²) in [5.41, 5.74) is 0. The lowest BCUT2D eigenvalue weighted by Gasteiger charge is -2.30. The van der Waals surface area contributed by atoms with Gasteiger partial charge < -0.3 is 24.8 Å². The van der Waals surface area contributed by atoms with E-state index in [1.807, 2.05) is 0 Å². The summed E-state index contributed by atoms with van der Waals surface area (Å²) in [6.45, 7) is 3.34. The molecule has 0 fully saturated rings. The number of esters is 2. The van der Waals surface area contributed by atoms with Crippen molar-refractivity contribution < 1.29 is 34.4 Å². The Balaban J connectivity index is 4.32. The van der Waals surface area contributed by atoms with E-state index in [2.05, 4.69) is 13.8 Å². The lowest BCUT2D eigenvalue weighted by Crippen LogP contribution is -2.51. The molecule has 0 amide bonds. The highest BCUT2D eigenvalue weighted by Crippen LogP contribution is 2.19. The molecule has 0 heterocycles. The van der Waals surface area contributed by atoms with Gasteiger partial charge in [-0.25, -0.2) is 0 Å². The van der Waals surface area contributed by atoms with Crippen molar-refractivity contribution >= 4 is 11.9 Å². The number of carbonyl (C=O) groups is 2. The van der Waals surface area contributed by atoms with Crippen molar-refractivity contribution in [3.05, 3.63) is 0 Å². The van der Waals surface area contributed by atoms with Gasteiger partial charge in [0.05, 0.1) is 6.61 Å². The van der Waals surface area contributed by atoms with Crippen LogP contribution in [0.2, 0.25) is 0 Å². The quantitative estimate of drug-likeness (QED) is 0.182. The minimum atomic E-state index is -2.85. The largest absolute Gasteiger partial charge is 0.403 e. The van der Waals surface area contributed by atoms with Crippen molar-refractivity contribution in [2.45, 2.75) is 116 Å². The zero-order valence-electron chi connectivity index (χ0n) is 17.7. The van der Waals surface area contributed by atoms with Crippen molar-refractivity contribution in [1.82, 2.24) is 0 Å². The van der Waals surface area contributed by atoms with Crippen molar-refractivity contribution in [3.8, 4) is 0 Å². The van der Waals surface area contributed by atoms with Crippen LogP contribution in [0.25, 0.3) is 0 Å². The smallest absolute Gasteiger partial charge is 0.396 e. The van der Waals surface area contributed by atoms with E-state index in [4.69, 9.17) is 14.6 Å². The van der Waals surface area contributed by atoms with Gasteiger partial charge in [0.2, 0.25) is 0 Å². The fraction of sp³-hybridized carbons (Fsp3) is 0.905. The highest BCUT2D eigenvalue weighted by molar-refractivity contribution is 5.71. The molecule has 1 atom stereocenters. The number of rotatable bonds is 18. The van der Waals surface area contributed by atoms with E-state index in [1.54, 1.807) is 0 Å². The summed E-state index contributed by atoms with van der Waals surface area (Å²) >= 11 is 0. The molecule has 0 saturated heterocycles. The lowest BCUT2D eigenvalue weighted by atomic mass is 10.1. The summed E-state index contributed by atoms with van der Waals surface area (Å²) in [4.78, 5) is 23.9. The Morgan fingerprint density at radius 3 is 1.46 bits per heavy atom. The molecule has 0 aromatic carbocycles. The van der Waals surface area contributed by atoms with Crippen molar-refractivity contribution in [1.29, 1.82) is 0 Å². The Bertz CT molecular complexity index is 382. The van der Waals surface area contributed by atoms with Crippen LogP contribution in [0.15, 0.2) is 0 Å². The Morgan fingerprint density at radius 2 is 1.11 bits per heavy atom. The Labute approximate surface area is 169 Å². The fourth-order valence-electron chi connectivity index (χ4n) is 2.80. The van der Waals surface area contributed by atoms with Gasteiger partial charge in [-0.2, -0.15) is 0 Å². The number of ether oxygens (including phenoxy) is 2. The van der Waals surface area contributed by atoms with Crippen LogP contribution in [-0.2, 0) is 19.1 Å². The van der Waals surface area contributed by atoms with Crippen LogP contribution in [-0.4, -0.2) is 45.9 Å². The monoisotopic (exact) mass is 404 g/mol. The van der Waals surface area contributed by atoms with Crippen LogP contribution < -0.4 is 0 Å². The minimum absolute atomic E-state index is 0.0432. The van der Waals surface area contributed by atoms with Gasteiger partial charge >= 0.3 is 17.9 Å². The second kappa shape index (κ2) is 16.7. The normalized spacial score (nSPS) is 12.6. The second-order valence-electron chi connectivity index (χ2n) is 7.31. The van der Waals surface area contributed by atoms with Crippen LogP contribution in [0.3, 0.4) is 0 Å². The first kappa shape index (κ1) is 26.8. The van der Waals surface area contributed by atoms with Gasteiger partial charge in [0, 0.05) is 12.8 Å². The van der Waals surface area contributed by atoms with Crippen LogP contribution in [0.1, 0.15) is 104 Å². The molecule has 166 valence electrons. The van der Waals surface area contributed by atoms with Gasteiger partial charge in [-0.3, -0.25) is 9.59 Å². The van der Waals surface area contributed by atoms with E-state index < -0.39 is 30.6 Å². The molecule has 7 heteroatoms. The van der Waals surface area contributed by atoms with E-state index in [1.165, 1.54) is 0 Å². The van der Waals surface area contributed by atoms with Crippen molar-refractivity contribution in [3.63, 3.8) is 0 Å². The highest BCUT2D eigenvalue weighted by Gasteiger charge is 2.44. The van der Waals surface area contributed by atoms with Crippen molar-refractivity contribution in [2.75, 3.05) is 6.61 Å². The number of hydrogen-bond donors (Lipinski definition) is 3. The number of hydrogen-bond acceptors (Lipinski definition) is 7. The average Bonchev–Trinajstić information content (AvgIpc) is 2.66. The van der Waals surface area contributed by atoms with Crippen LogP contribution in [0.5, 0.6) is 0 Å². The van der Waals surface area contributed by atoms with E-state index in [9.17, 15) is 19.8 Å². The molecular weight excluding hydrogens is 364 g/mol. The zero-order chi connectivity index (χ0) is 21.3. The van der Waals surface area contributed by atoms with Gasteiger partial charge in [0.15, 0.2) is 6.10 Å². The molecular formula is C21H40O7. The van der Waals surface area contributed by atoms with Gasteiger partial charge in [-0.15, -0.1) is 0 Å². The van der Waals surface area contributed by atoms with E-state index in [0.29, 0.717) is 12.8 Å². The lowest BCUT2D eigenvalue weighted by molar-refractivity contribution is -0.364. The van der Waals surface area contributed by atoms with Crippen LogP contribution >= 0.6 is 0 Å². The third kappa shape index (κ3) is 13.1. The number of aliphatic hydroxyl groups excluding tert-OH is 2. The maximum atomic E-state index is 11.9. The third-order valence-electron chi connectivity index (χ3n) is 4.58. The Kier molecular flexibility index (Phi) is 16.0. The minimum Gasteiger partial charge on any atom is -0.396 e. The summed E-state index contributed by atoms with van der Waals surface area (Å²) in [6, 6.07) is 0. The van der Waals surface area contributed by atoms with Gasteiger partial charge in [-0.1, -0.05) is 78.1 Å². The molecule has 3 N–H and O–H groups in total. The van der Waals surface area contributed by atoms with E-state index >= 15 is 0 Å². The Morgan fingerprint density at radius 1 is 0.750 bits per heavy atom. The first-order chi connectivity index (χ1) is 13.4. The molecule has 1 unspecified atom stereocenters. The number of aliphatic hydroxyl groups is 3. The second-order valence-corrected chi connectivity index (χ2v) is 7.31. The predicted octanol–water partition coefficient (Wildman–Crippen LogP) is 3.57. The van der Waals surface area contributed by atoms with Gasteiger partial charge in [0.1, 0.15) is 0 Å². The summed E-state index contributed by atoms with van der Waals surface area (Å²) < 4.78 is 9.62. The molecule has 0 spiro atoms. The van der Waals surface area contributed by atoms with Crippen LogP contribution in [0, 0.1) is 0 Å². The summed E-state index contributed by atoms with van der Waals surface area (Å²) in [7, 11) is 0. The first-order valence-corrected chi connectivity index (χ1v) is 10.8. The van der Waals surface area contributed by atoms with Gasteiger partial charge in [0.25, 0.3) is 0 Å². The molecule has 0 aliphatic rings. The predicted molar refractivity (Wildman–Crippen MR) is 106 cm³/mol. The molecule has 0 aromatic heterocycles. The summed E-state index contributed by atoms with van der Waals surface area (Å²) in [5, 5.41) is 29.1. The number of carbonyl (C=O) groups excluding carboxylic acids is 2. The first-order valence-electron chi connectivity index (χ1n) is 10.8. The van der Waals surface area contributed by atoms with E-state index in [0.717, 1.165) is 64.2 Å². The van der Waals surface area contributed by atoms with Crippen LogP contribution in [0.4, 0.5) is 0 Å². The topological polar surface area (TPSA) is 113 Å². The molecule has 0 saturated carbocycles. The molecule has 0 radical (unpaired) electrons. The molecule has 28 heavy (non-hydrogen) atoms. The molecule has 0 aliphatic carbocycles. The maximum absolute atomic E-state index is 11.9. The summed E-state index contributed by atoms with van der Waals surface area (Å²) in [5.74, 6) is -4.41. The molecule has 0 bridgehead atoms. The SMILES string of the molecule is CCCCCCCCC(=O)OC(O)(OC(=O)CCCCCCCC)C(O)CO. The molecule has 0 rings (SSSR count). The fourth-order valence-corrected chi connectivity index (χ4v) is 2.80. The molecule has 0 aliphatic heterocycles. The van der Waals surface area contributed by atoms with E-state index in [-0.39, 0.29) is 12.8 Å². The maximum Gasteiger partial charge on any atom is 0.403 e. The summed E-state index contributed by atoms with van der Waals surface area (Å²) in [6.07, 6.45) is 9.86. The third-order valence-corrected chi connectivity index (χ3v) is 4.58. The average molecular weight is 405 g/mol. The Hall–Kier alpha value is -1.18. The molecule has 0 aromatic rings. The molecule has 7 nitrogen and oxygen atoms in total. The zero-order valence-corrected chi connectivity index (χ0v) is 17.7. The number of unbranched alkanes of at least 4 members (excludes halogenated alkanes) is 10. The van der Waals surface area contributed by atoms with Gasteiger partial charge in [-0.05, 0) is 12.8 Å². The highest BCUT2D eigenvalue weighted by atomic mass is 16.8.